The number of hydrogen-bond acceptors (Lipinski definition) is 4. The Morgan fingerprint density at radius 1 is 1.17 bits per heavy atom. The summed E-state index contributed by atoms with van der Waals surface area (Å²) >= 11 is 4.86. The number of nitrogens with one attached hydrogen (secondary N) is 2. The van der Waals surface area contributed by atoms with E-state index in [1.165, 1.54) is 0 Å². The molecule has 0 aromatic rings. The van der Waals surface area contributed by atoms with Crippen LogP contribution in [0.15, 0.2) is 36.1 Å². The number of thiocarbonyl (C=S) groups is 1. The predicted octanol–water partition coefficient (Wildman–Crippen LogP) is 2.89. The zero-order valence-corrected chi connectivity index (χ0v) is 14.3. The van der Waals surface area contributed by atoms with Crippen LogP contribution in [-0.2, 0) is 14.3 Å². The fraction of sp³-hybridized carbons (Fsp3) is 0.471. The summed E-state index contributed by atoms with van der Waals surface area (Å²) < 4.78 is 4.98. The van der Waals surface area contributed by atoms with Gasteiger partial charge in [0.2, 0.25) is 0 Å². The highest BCUT2D eigenvalue weighted by molar-refractivity contribution is 7.80. The molecule has 0 atom stereocenters. The first-order valence-electron chi connectivity index (χ1n) is 7.81. The first-order valence-corrected chi connectivity index (χ1v) is 8.21. The van der Waals surface area contributed by atoms with Gasteiger partial charge in [0, 0.05) is 5.57 Å². The number of unbranched alkanes of at least 4 members (excludes halogenated alkanes) is 4. The Hall–Kier alpha value is -1.95. The molecule has 1 heterocycles. The van der Waals surface area contributed by atoms with Crippen LogP contribution in [0.3, 0.4) is 0 Å². The normalized spacial score (nSPS) is 15.8. The van der Waals surface area contributed by atoms with Crippen molar-refractivity contribution < 1.29 is 14.3 Å². The number of carbonyl (C=O) groups excluding carboxylic acids is 2. The smallest absolute Gasteiger partial charge is 0.333 e. The molecule has 5 nitrogen and oxygen atoms in total. The van der Waals surface area contributed by atoms with Gasteiger partial charge in [-0.25, -0.2) is 4.79 Å². The summed E-state index contributed by atoms with van der Waals surface area (Å²) in [4.78, 5) is 22.5. The van der Waals surface area contributed by atoms with Crippen LogP contribution in [-0.4, -0.2) is 23.6 Å². The van der Waals surface area contributed by atoms with Gasteiger partial charge < -0.3 is 10.1 Å². The van der Waals surface area contributed by atoms with Crippen LogP contribution in [0.2, 0.25) is 0 Å². The Balaban J connectivity index is 1.97. The molecule has 6 heteroatoms. The average Bonchev–Trinajstić information content (AvgIpc) is 2.82. The number of hydrogen-bond donors (Lipinski definition) is 2. The second-order valence-corrected chi connectivity index (χ2v) is 5.75. The SMILES string of the molecule is C=C(C)C(=O)OCC/C=C/CCCCC/C=C1\NC(=S)NC1=O. The van der Waals surface area contributed by atoms with Crippen molar-refractivity contribution in [3.05, 3.63) is 36.1 Å². The molecule has 1 aliphatic rings. The molecule has 0 radical (unpaired) electrons. The molecule has 0 saturated carbocycles. The summed E-state index contributed by atoms with van der Waals surface area (Å²) in [5, 5.41) is 5.74. The van der Waals surface area contributed by atoms with E-state index in [0.717, 1.165) is 38.5 Å². The van der Waals surface area contributed by atoms with Crippen LogP contribution in [0, 0.1) is 0 Å². The van der Waals surface area contributed by atoms with Gasteiger partial charge in [0.1, 0.15) is 5.70 Å². The lowest BCUT2D eigenvalue weighted by Gasteiger charge is -2.01. The fourth-order valence-corrected chi connectivity index (χ4v) is 2.14. The maximum Gasteiger partial charge on any atom is 0.333 e. The maximum atomic E-state index is 11.4. The highest BCUT2D eigenvalue weighted by atomic mass is 32.1. The summed E-state index contributed by atoms with van der Waals surface area (Å²) in [6.45, 7) is 5.55. The van der Waals surface area contributed by atoms with Gasteiger partial charge in [0.05, 0.1) is 6.61 Å². The second kappa shape index (κ2) is 10.7. The van der Waals surface area contributed by atoms with E-state index < -0.39 is 0 Å². The first kappa shape index (κ1) is 19.1. The molecule has 0 aromatic carbocycles. The lowest BCUT2D eigenvalue weighted by atomic mass is 10.1. The van der Waals surface area contributed by atoms with Crippen molar-refractivity contribution in [3.63, 3.8) is 0 Å². The molecule has 0 unspecified atom stereocenters. The van der Waals surface area contributed by atoms with E-state index in [-0.39, 0.29) is 11.9 Å². The van der Waals surface area contributed by atoms with Gasteiger partial charge >= 0.3 is 5.97 Å². The van der Waals surface area contributed by atoms with Crippen molar-refractivity contribution in [2.24, 2.45) is 0 Å². The summed E-state index contributed by atoms with van der Waals surface area (Å²) in [6, 6.07) is 0. The van der Waals surface area contributed by atoms with E-state index in [1.54, 1.807) is 6.92 Å². The topological polar surface area (TPSA) is 67.4 Å². The van der Waals surface area contributed by atoms with E-state index in [1.807, 2.05) is 12.2 Å². The van der Waals surface area contributed by atoms with E-state index in [0.29, 0.717) is 23.0 Å². The van der Waals surface area contributed by atoms with Crippen LogP contribution in [0.5, 0.6) is 0 Å². The summed E-state index contributed by atoms with van der Waals surface area (Å²) in [7, 11) is 0. The Morgan fingerprint density at radius 2 is 1.87 bits per heavy atom. The lowest BCUT2D eigenvalue weighted by molar-refractivity contribution is -0.138. The molecule has 1 rings (SSSR count). The van der Waals surface area contributed by atoms with Crippen LogP contribution < -0.4 is 10.6 Å². The van der Waals surface area contributed by atoms with E-state index in [2.05, 4.69) is 23.3 Å². The van der Waals surface area contributed by atoms with Crippen molar-refractivity contribution in [2.75, 3.05) is 6.61 Å². The number of carbonyl (C=O) groups is 2. The third kappa shape index (κ3) is 8.30. The summed E-state index contributed by atoms with van der Waals surface area (Å²) in [5.74, 6) is -0.482. The van der Waals surface area contributed by atoms with Crippen molar-refractivity contribution in [3.8, 4) is 0 Å². The lowest BCUT2D eigenvalue weighted by Crippen LogP contribution is -2.21. The molecular formula is C17H24N2O3S. The highest BCUT2D eigenvalue weighted by Gasteiger charge is 2.18. The quantitative estimate of drug-likeness (QED) is 0.211. The molecule has 126 valence electrons. The van der Waals surface area contributed by atoms with Crippen molar-refractivity contribution in [1.82, 2.24) is 10.6 Å². The minimum atomic E-state index is -0.335. The van der Waals surface area contributed by atoms with Crippen molar-refractivity contribution in [1.29, 1.82) is 0 Å². The Morgan fingerprint density at radius 3 is 2.52 bits per heavy atom. The van der Waals surface area contributed by atoms with Gasteiger partial charge in [0.15, 0.2) is 5.11 Å². The maximum absolute atomic E-state index is 11.4. The van der Waals surface area contributed by atoms with Crippen molar-refractivity contribution >= 4 is 29.2 Å². The zero-order chi connectivity index (χ0) is 17.1. The molecule has 0 aromatic heterocycles. The molecule has 0 spiro atoms. The summed E-state index contributed by atoms with van der Waals surface area (Å²) in [6.07, 6.45) is 11.9. The van der Waals surface area contributed by atoms with Gasteiger partial charge in [-0.1, -0.05) is 31.2 Å². The highest BCUT2D eigenvalue weighted by Crippen LogP contribution is 2.07. The predicted molar refractivity (Wildman–Crippen MR) is 94.6 cm³/mol. The second-order valence-electron chi connectivity index (χ2n) is 5.34. The standard InChI is InChI=1S/C17H24N2O3S/c1-13(2)16(21)22-12-10-8-6-4-3-5-7-9-11-14-15(20)19-17(23)18-14/h6,8,11H,1,3-5,7,9-10,12H2,2H3,(H2,18,19,20,23)/b8-6+,14-11-. The molecule has 2 N–H and O–H groups in total. The van der Waals surface area contributed by atoms with Gasteiger partial charge in [-0.2, -0.15) is 0 Å². The van der Waals surface area contributed by atoms with E-state index in [9.17, 15) is 9.59 Å². The third-order valence-corrected chi connectivity index (χ3v) is 3.38. The van der Waals surface area contributed by atoms with Crippen LogP contribution in [0.4, 0.5) is 0 Å². The number of esters is 1. The third-order valence-electron chi connectivity index (χ3n) is 3.18. The van der Waals surface area contributed by atoms with E-state index in [4.69, 9.17) is 17.0 Å². The molecular weight excluding hydrogens is 312 g/mol. The van der Waals surface area contributed by atoms with Gasteiger partial charge in [0.25, 0.3) is 5.91 Å². The fourth-order valence-electron chi connectivity index (χ4n) is 1.93. The molecule has 1 amide bonds. The summed E-state index contributed by atoms with van der Waals surface area (Å²) in [5.41, 5.74) is 0.982. The molecule has 0 bridgehead atoms. The minimum Gasteiger partial charge on any atom is -0.462 e. The van der Waals surface area contributed by atoms with Gasteiger partial charge in [-0.15, -0.1) is 0 Å². The molecule has 1 aliphatic heterocycles. The van der Waals surface area contributed by atoms with Crippen LogP contribution in [0.25, 0.3) is 0 Å². The van der Waals surface area contributed by atoms with Crippen molar-refractivity contribution in [2.45, 2.75) is 45.4 Å². The number of ether oxygens (including phenoxy) is 1. The molecule has 1 fully saturated rings. The zero-order valence-electron chi connectivity index (χ0n) is 13.5. The van der Waals surface area contributed by atoms with E-state index >= 15 is 0 Å². The van der Waals surface area contributed by atoms with Crippen LogP contribution in [0.1, 0.15) is 45.4 Å². The number of allylic oxidation sites excluding steroid dienone is 2. The van der Waals surface area contributed by atoms with Gasteiger partial charge in [-0.3, -0.25) is 10.1 Å². The number of amides is 1. The number of rotatable bonds is 10. The molecule has 23 heavy (non-hydrogen) atoms. The monoisotopic (exact) mass is 336 g/mol. The Labute approximate surface area is 142 Å². The Bertz CT molecular complexity index is 524. The first-order chi connectivity index (χ1) is 11.0. The van der Waals surface area contributed by atoms with Crippen LogP contribution >= 0.6 is 12.2 Å². The average molecular weight is 336 g/mol. The minimum absolute atomic E-state index is 0.148. The Kier molecular flexibility index (Phi) is 8.90. The molecule has 0 aliphatic carbocycles. The largest absolute Gasteiger partial charge is 0.462 e. The molecule has 1 saturated heterocycles. The van der Waals surface area contributed by atoms with Gasteiger partial charge in [-0.05, 0) is 51.2 Å².